The third-order valence-corrected chi connectivity index (χ3v) is 3.51. The highest BCUT2D eigenvalue weighted by molar-refractivity contribution is 5.79. The fraction of sp³-hybridized carbons (Fsp3) is 0.714. The molecule has 2 aliphatic heterocycles. The largest absolute Gasteiger partial charge is 0.444 e. The van der Waals surface area contributed by atoms with Crippen LogP contribution in [0.3, 0.4) is 0 Å². The summed E-state index contributed by atoms with van der Waals surface area (Å²) in [6.07, 6.45) is 6.19. The molecule has 1 saturated heterocycles. The van der Waals surface area contributed by atoms with Crippen molar-refractivity contribution in [2.45, 2.75) is 64.1 Å². The van der Waals surface area contributed by atoms with E-state index in [1.807, 2.05) is 26.8 Å². The molecule has 4 nitrogen and oxygen atoms in total. The van der Waals surface area contributed by atoms with Gasteiger partial charge in [-0.2, -0.15) is 0 Å². The number of rotatable bonds is 1. The lowest BCUT2D eigenvalue weighted by molar-refractivity contribution is -0.105. The van der Waals surface area contributed by atoms with Crippen molar-refractivity contribution in [2.75, 3.05) is 0 Å². The molecule has 1 amide bonds. The average molecular weight is 251 g/mol. The Balaban J connectivity index is 2.19. The Kier molecular flexibility index (Phi) is 3.46. The molecule has 2 aliphatic rings. The van der Waals surface area contributed by atoms with Gasteiger partial charge in [0.05, 0.1) is 6.04 Å². The van der Waals surface area contributed by atoms with Crippen molar-refractivity contribution in [1.82, 2.24) is 4.90 Å². The second kappa shape index (κ2) is 4.75. The lowest BCUT2D eigenvalue weighted by Crippen LogP contribution is -2.44. The number of aldehydes is 1. The number of carbonyl (C=O) groups excluding carboxylic acids is 2. The molecule has 0 aromatic heterocycles. The predicted octanol–water partition coefficient (Wildman–Crippen LogP) is 2.67. The minimum Gasteiger partial charge on any atom is -0.444 e. The maximum atomic E-state index is 12.2. The molecule has 0 saturated carbocycles. The van der Waals surface area contributed by atoms with Gasteiger partial charge >= 0.3 is 6.09 Å². The molecule has 18 heavy (non-hydrogen) atoms. The minimum atomic E-state index is -0.492. The molecular weight excluding hydrogens is 230 g/mol. The second-order valence-electron chi connectivity index (χ2n) is 6.03. The highest BCUT2D eigenvalue weighted by atomic mass is 16.6. The first-order valence-electron chi connectivity index (χ1n) is 6.59. The van der Waals surface area contributed by atoms with Crippen molar-refractivity contribution in [3.05, 3.63) is 11.6 Å². The maximum absolute atomic E-state index is 12.2. The van der Waals surface area contributed by atoms with Gasteiger partial charge in [-0.05, 0) is 46.5 Å². The summed E-state index contributed by atoms with van der Waals surface area (Å²) in [7, 11) is 0. The number of hydrogen-bond acceptors (Lipinski definition) is 3. The molecule has 0 spiro atoms. The molecule has 2 heterocycles. The molecular formula is C14H21NO3. The first-order valence-corrected chi connectivity index (χ1v) is 6.59. The van der Waals surface area contributed by atoms with Gasteiger partial charge in [0.1, 0.15) is 11.9 Å². The van der Waals surface area contributed by atoms with E-state index in [0.717, 1.165) is 37.5 Å². The van der Waals surface area contributed by atoms with Crippen LogP contribution in [0.25, 0.3) is 0 Å². The van der Waals surface area contributed by atoms with Crippen molar-refractivity contribution < 1.29 is 14.3 Å². The van der Waals surface area contributed by atoms with Gasteiger partial charge in [-0.25, -0.2) is 4.79 Å². The van der Waals surface area contributed by atoms with Crippen LogP contribution in [-0.2, 0) is 9.53 Å². The molecule has 1 fully saturated rings. The van der Waals surface area contributed by atoms with Gasteiger partial charge in [-0.1, -0.05) is 6.08 Å². The lowest BCUT2D eigenvalue weighted by atomic mass is 10.0. The topological polar surface area (TPSA) is 46.6 Å². The second-order valence-corrected chi connectivity index (χ2v) is 6.03. The third-order valence-electron chi connectivity index (χ3n) is 3.51. The van der Waals surface area contributed by atoms with Gasteiger partial charge < -0.3 is 4.74 Å². The monoisotopic (exact) mass is 251 g/mol. The summed E-state index contributed by atoms with van der Waals surface area (Å²) in [6.45, 7) is 5.59. The summed E-state index contributed by atoms with van der Waals surface area (Å²) >= 11 is 0. The predicted molar refractivity (Wildman–Crippen MR) is 68.3 cm³/mol. The molecule has 2 bridgehead atoms. The molecule has 0 N–H and O–H groups in total. The Morgan fingerprint density at radius 3 is 2.72 bits per heavy atom. The van der Waals surface area contributed by atoms with Crippen molar-refractivity contribution in [3.8, 4) is 0 Å². The van der Waals surface area contributed by atoms with Crippen LogP contribution >= 0.6 is 0 Å². The molecule has 0 aromatic carbocycles. The molecule has 0 aliphatic carbocycles. The lowest BCUT2D eigenvalue weighted by Gasteiger charge is -2.31. The number of hydrogen-bond donors (Lipinski definition) is 0. The highest BCUT2D eigenvalue weighted by Gasteiger charge is 2.41. The Bertz CT molecular complexity index is 381. The van der Waals surface area contributed by atoms with Crippen LogP contribution < -0.4 is 0 Å². The number of amides is 1. The van der Waals surface area contributed by atoms with Crippen LogP contribution in [0.2, 0.25) is 0 Å². The number of fused-ring (bicyclic) bond motifs is 2. The molecule has 2 rings (SSSR count). The molecule has 2 atom stereocenters. The molecule has 2 unspecified atom stereocenters. The first-order chi connectivity index (χ1) is 8.42. The Labute approximate surface area is 108 Å². The van der Waals surface area contributed by atoms with E-state index in [0.29, 0.717) is 0 Å². The summed E-state index contributed by atoms with van der Waals surface area (Å²) in [5.41, 5.74) is 0.245. The normalized spacial score (nSPS) is 27.5. The zero-order chi connectivity index (χ0) is 13.3. The van der Waals surface area contributed by atoms with Gasteiger partial charge in [0.15, 0.2) is 0 Å². The fourth-order valence-electron chi connectivity index (χ4n) is 2.79. The van der Waals surface area contributed by atoms with E-state index in [4.69, 9.17) is 4.74 Å². The summed E-state index contributed by atoms with van der Waals surface area (Å²) in [5, 5.41) is 0. The van der Waals surface area contributed by atoms with Crippen molar-refractivity contribution in [1.29, 1.82) is 0 Å². The van der Waals surface area contributed by atoms with Gasteiger partial charge in [0, 0.05) is 11.6 Å². The van der Waals surface area contributed by atoms with Gasteiger partial charge in [0.25, 0.3) is 0 Å². The number of allylic oxidation sites excluding steroid dienone is 1. The van der Waals surface area contributed by atoms with Gasteiger partial charge in [-0.3, -0.25) is 9.69 Å². The van der Waals surface area contributed by atoms with Crippen LogP contribution in [0, 0.1) is 0 Å². The standard InChI is InChI=1S/C14H21NO3/c1-14(2,3)18-13(17)15-11-6-4-5-10(9-16)12(15)8-7-11/h5,9,11-12H,4,6-8H2,1-3H3. The van der Waals surface area contributed by atoms with Crippen molar-refractivity contribution in [2.24, 2.45) is 0 Å². The van der Waals surface area contributed by atoms with Crippen LogP contribution in [-0.4, -0.2) is 35.0 Å². The highest BCUT2D eigenvalue weighted by Crippen LogP contribution is 2.35. The van der Waals surface area contributed by atoms with E-state index >= 15 is 0 Å². The summed E-state index contributed by atoms with van der Waals surface area (Å²) < 4.78 is 5.45. The smallest absolute Gasteiger partial charge is 0.411 e. The maximum Gasteiger partial charge on any atom is 0.411 e. The number of carbonyl (C=O) groups is 2. The van der Waals surface area contributed by atoms with Gasteiger partial charge in [-0.15, -0.1) is 0 Å². The van der Waals surface area contributed by atoms with E-state index in [1.54, 1.807) is 4.90 Å². The quantitative estimate of drug-likeness (QED) is 0.673. The molecule has 0 aromatic rings. The van der Waals surface area contributed by atoms with Crippen LogP contribution in [0.4, 0.5) is 4.79 Å². The van der Waals surface area contributed by atoms with E-state index in [1.165, 1.54) is 0 Å². The van der Waals surface area contributed by atoms with E-state index < -0.39 is 5.60 Å². The summed E-state index contributed by atoms with van der Waals surface area (Å²) in [5.74, 6) is 0. The Morgan fingerprint density at radius 1 is 1.39 bits per heavy atom. The zero-order valence-corrected chi connectivity index (χ0v) is 11.3. The number of nitrogens with zero attached hydrogens (tertiary/aromatic N) is 1. The molecule has 100 valence electrons. The molecule has 4 heteroatoms. The summed E-state index contributed by atoms with van der Waals surface area (Å²) in [6, 6.07) is 0.142. The van der Waals surface area contributed by atoms with Crippen LogP contribution in [0.15, 0.2) is 11.6 Å². The Morgan fingerprint density at radius 2 is 2.11 bits per heavy atom. The first kappa shape index (κ1) is 13.1. The van der Waals surface area contributed by atoms with E-state index in [9.17, 15) is 9.59 Å². The number of ether oxygens (including phenoxy) is 1. The molecule has 0 radical (unpaired) electrons. The van der Waals surface area contributed by atoms with Crippen molar-refractivity contribution in [3.63, 3.8) is 0 Å². The zero-order valence-electron chi connectivity index (χ0n) is 11.3. The van der Waals surface area contributed by atoms with E-state index in [-0.39, 0.29) is 18.2 Å². The third kappa shape index (κ3) is 2.57. The van der Waals surface area contributed by atoms with Crippen LogP contribution in [0.1, 0.15) is 46.5 Å². The van der Waals surface area contributed by atoms with Crippen LogP contribution in [0.5, 0.6) is 0 Å². The van der Waals surface area contributed by atoms with E-state index in [2.05, 4.69) is 0 Å². The van der Waals surface area contributed by atoms with Crippen molar-refractivity contribution >= 4 is 12.4 Å². The SMILES string of the molecule is CC(C)(C)OC(=O)N1C2CCC=C(C=O)C1CC2. The van der Waals surface area contributed by atoms with Gasteiger partial charge in [0.2, 0.25) is 0 Å². The summed E-state index contributed by atoms with van der Waals surface area (Å²) in [4.78, 5) is 25.1. The minimum absolute atomic E-state index is 0.0788. The Hall–Kier alpha value is -1.32. The average Bonchev–Trinajstić information content (AvgIpc) is 2.53. The fourth-order valence-corrected chi connectivity index (χ4v) is 2.79.